The van der Waals surface area contributed by atoms with Crippen molar-refractivity contribution < 1.29 is 8.76 Å². The lowest BCUT2D eigenvalue weighted by Gasteiger charge is -2.50. The molecular formula is C23H22N8O2S2. The molecule has 10 nitrogen and oxygen atoms in total. The molecular weight excluding hydrogens is 484 g/mol. The van der Waals surface area contributed by atoms with Gasteiger partial charge < -0.3 is 9.54 Å². The van der Waals surface area contributed by atoms with Gasteiger partial charge in [0.1, 0.15) is 22.1 Å². The van der Waals surface area contributed by atoms with E-state index in [2.05, 4.69) is 44.8 Å². The summed E-state index contributed by atoms with van der Waals surface area (Å²) in [6.45, 7) is 4.73. The van der Waals surface area contributed by atoms with Crippen molar-refractivity contribution in [3.8, 4) is 22.5 Å². The summed E-state index contributed by atoms with van der Waals surface area (Å²) in [4.78, 5) is 16.8. The van der Waals surface area contributed by atoms with Crippen LogP contribution in [0, 0.1) is 18.3 Å². The van der Waals surface area contributed by atoms with Crippen LogP contribution in [0.15, 0.2) is 43.0 Å². The number of hydrogen-bond acceptors (Lipinski definition) is 7. The van der Waals surface area contributed by atoms with Gasteiger partial charge in [0.2, 0.25) is 0 Å². The quantitative estimate of drug-likeness (QED) is 0.337. The fourth-order valence-electron chi connectivity index (χ4n) is 4.81. The van der Waals surface area contributed by atoms with Gasteiger partial charge in [0.15, 0.2) is 16.9 Å². The third-order valence-corrected chi connectivity index (χ3v) is 8.56. The molecule has 0 amide bonds. The molecule has 1 aliphatic rings. The molecule has 1 aliphatic heterocycles. The molecule has 12 heteroatoms. The van der Waals surface area contributed by atoms with Crippen molar-refractivity contribution in [3.05, 3.63) is 47.9 Å². The Labute approximate surface area is 207 Å². The number of rotatable bonds is 6. The number of nitriles is 1. The fraction of sp³-hybridized carbons (Fsp3) is 0.304. The maximum atomic E-state index is 11.5. The zero-order valence-electron chi connectivity index (χ0n) is 19.0. The average molecular weight is 507 g/mol. The lowest BCUT2D eigenvalue weighted by atomic mass is 9.87. The van der Waals surface area contributed by atoms with Gasteiger partial charge >= 0.3 is 0 Å². The Hall–Kier alpha value is -3.37. The number of nitrogens with zero attached hydrogens (tertiary/aromatic N) is 7. The number of likely N-dealkylation sites (tertiary alicyclic amines) is 1. The van der Waals surface area contributed by atoms with Gasteiger partial charge in [0.05, 0.1) is 41.0 Å². The third-order valence-electron chi connectivity index (χ3n) is 6.68. The Balaban J connectivity index is 1.49. The fourth-order valence-corrected chi connectivity index (χ4v) is 6.06. The molecule has 178 valence electrons. The molecule has 1 fully saturated rings. The number of fused-ring (bicyclic) bond motifs is 3. The smallest absolute Gasteiger partial charge is 0.170 e. The molecule has 6 heterocycles. The zero-order chi connectivity index (χ0) is 24.3. The molecule has 2 N–H and O–H groups in total. The summed E-state index contributed by atoms with van der Waals surface area (Å²) < 4.78 is 25.0. The first-order valence-electron chi connectivity index (χ1n) is 11.1. The molecule has 0 aromatic carbocycles. The van der Waals surface area contributed by atoms with E-state index in [-0.39, 0.29) is 6.42 Å². The van der Waals surface area contributed by atoms with Crippen LogP contribution in [0.3, 0.4) is 0 Å². The summed E-state index contributed by atoms with van der Waals surface area (Å²) in [5.41, 5.74) is 2.78. The summed E-state index contributed by atoms with van der Waals surface area (Å²) >= 11 is -0.282. The summed E-state index contributed by atoms with van der Waals surface area (Å²) in [5, 5.41) is 14.7. The molecule has 0 aliphatic carbocycles. The Morgan fingerprint density at radius 1 is 1.34 bits per heavy atom. The van der Waals surface area contributed by atoms with Gasteiger partial charge in [-0.3, -0.25) is 14.1 Å². The monoisotopic (exact) mass is 506 g/mol. The number of aromatic nitrogens is 6. The predicted molar refractivity (Wildman–Crippen MR) is 135 cm³/mol. The van der Waals surface area contributed by atoms with Gasteiger partial charge in [0.25, 0.3) is 0 Å². The van der Waals surface area contributed by atoms with Crippen LogP contribution in [-0.2, 0) is 16.6 Å². The highest BCUT2D eigenvalue weighted by molar-refractivity contribution is 7.79. The van der Waals surface area contributed by atoms with Crippen LogP contribution < -0.4 is 0 Å². The molecule has 1 saturated heterocycles. The minimum absolute atomic E-state index is 0.253. The van der Waals surface area contributed by atoms with E-state index in [4.69, 9.17) is 4.98 Å². The maximum Gasteiger partial charge on any atom is 0.170 e. The summed E-state index contributed by atoms with van der Waals surface area (Å²) in [7, 11) is 0. The normalized spacial score (nSPS) is 17.4. The SMILES string of the molecule is Cc1ccc(-c2nc3cnc4[nH]ccc4c3n2-c2cnn(C3(CC#N)CN(C(C)S(=O)O)C3)c2)s1. The number of imidazole rings is 1. The molecule has 5 aromatic rings. The van der Waals surface area contributed by atoms with E-state index >= 15 is 0 Å². The third kappa shape index (κ3) is 3.42. The molecule has 35 heavy (non-hydrogen) atoms. The van der Waals surface area contributed by atoms with E-state index < -0.39 is 22.0 Å². The first-order chi connectivity index (χ1) is 16.9. The summed E-state index contributed by atoms with van der Waals surface area (Å²) in [6.07, 6.45) is 7.63. The van der Waals surface area contributed by atoms with Crippen molar-refractivity contribution in [3.63, 3.8) is 0 Å². The zero-order valence-corrected chi connectivity index (χ0v) is 20.7. The van der Waals surface area contributed by atoms with E-state index in [1.165, 1.54) is 4.88 Å². The van der Waals surface area contributed by atoms with Gasteiger partial charge in [0, 0.05) is 35.7 Å². The number of aryl methyl sites for hydroxylation is 1. The maximum absolute atomic E-state index is 11.5. The van der Waals surface area contributed by atoms with Gasteiger partial charge in [-0.05, 0) is 32.0 Å². The molecule has 0 saturated carbocycles. The number of aromatic amines is 1. The number of thiophene rings is 1. The lowest BCUT2D eigenvalue weighted by molar-refractivity contribution is -0.00171. The second-order valence-corrected chi connectivity index (χ2v) is 11.4. The Bertz CT molecular complexity index is 1630. The van der Waals surface area contributed by atoms with Crippen molar-refractivity contribution in [2.45, 2.75) is 31.2 Å². The first-order valence-corrected chi connectivity index (χ1v) is 13.1. The van der Waals surface area contributed by atoms with Crippen LogP contribution in [0.5, 0.6) is 0 Å². The number of hydrogen-bond donors (Lipinski definition) is 2. The van der Waals surface area contributed by atoms with Gasteiger partial charge in [-0.1, -0.05) is 0 Å². The topological polar surface area (TPSA) is 129 Å². The molecule has 0 spiro atoms. The first kappa shape index (κ1) is 22.1. The van der Waals surface area contributed by atoms with E-state index in [0.29, 0.717) is 13.1 Å². The van der Waals surface area contributed by atoms with Crippen molar-refractivity contribution in [2.24, 2.45) is 0 Å². The summed E-state index contributed by atoms with van der Waals surface area (Å²) in [6, 6.07) is 8.42. The Morgan fingerprint density at radius 3 is 2.89 bits per heavy atom. The number of nitrogens with one attached hydrogen (secondary N) is 1. The van der Waals surface area contributed by atoms with Crippen LogP contribution >= 0.6 is 11.3 Å². The van der Waals surface area contributed by atoms with E-state index in [1.54, 1.807) is 30.7 Å². The summed E-state index contributed by atoms with van der Waals surface area (Å²) in [5.74, 6) is 0.807. The van der Waals surface area contributed by atoms with Crippen LogP contribution in [-0.4, -0.2) is 61.4 Å². The van der Waals surface area contributed by atoms with Crippen LogP contribution in [0.4, 0.5) is 0 Å². The highest BCUT2D eigenvalue weighted by Gasteiger charge is 2.48. The second kappa shape index (κ2) is 8.10. The van der Waals surface area contributed by atoms with Gasteiger partial charge in [-0.15, -0.1) is 11.3 Å². The van der Waals surface area contributed by atoms with Gasteiger partial charge in [-0.25, -0.2) is 14.2 Å². The van der Waals surface area contributed by atoms with E-state index in [1.807, 2.05) is 28.0 Å². The Kier molecular flexibility index (Phi) is 5.12. The minimum atomic E-state index is -1.96. The average Bonchev–Trinajstić information content (AvgIpc) is 3.59. The second-order valence-electron chi connectivity index (χ2n) is 8.90. The van der Waals surface area contributed by atoms with Crippen molar-refractivity contribution >= 4 is 44.5 Å². The molecule has 5 aromatic heterocycles. The molecule has 0 bridgehead atoms. The number of H-pyrrole nitrogens is 1. The van der Waals surface area contributed by atoms with Crippen LogP contribution in [0.2, 0.25) is 0 Å². The predicted octanol–water partition coefficient (Wildman–Crippen LogP) is 3.63. The van der Waals surface area contributed by atoms with Crippen molar-refractivity contribution in [1.29, 1.82) is 5.26 Å². The van der Waals surface area contributed by atoms with E-state index in [9.17, 15) is 14.0 Å². The Morgan fingerprint density at radius 2 is 2.17 bits per heavy atom. The van der Waals surface area contributed by atoms with Gasteiger partial charge in [-0.2, -0.15) is 10.4 Å². The molecule has 2 unspecified atom stereocenters. The van der Waals surface area contributed by atoms with Crippen LogP contribution in [0.25, 0.3) is 38.5 Å². The standard InChI is InChI=1S/C23H22N8O2S2/c1-14-3-4-19(34-14)22-28-18-10-26-21-17(5-8-25-21)20(18)31(22)16-9-27-30(11-16)23(6-7-24)12-29(13-23)15(2)35(32)33/h3-5,8-11,15H,6,12-13H2,1-2H3,(H,25,26)(H,32,33). The lowest BCUT2D eigenvalue weighted by Crippen LogP contribution is -2.65. The van der Waals surface area contributed by atoms with Crippen LogP contribution in [0.1, 0.15) is 18.2 Å². The molecule has 0 radical (unpaired) electrons. The molecule has 6 rings (SSSR count). The largest absolute Gasteiger partial charge is 0.346 e. The highest BCUT2D eigenvalue weighted by Crippen LogP contribution is 2.37. The van der Waals surface area contributed by atoms with Crippen molar-refractivity contribution in [1.82, 2.24) is 34.2 Å². The molecule has 2 atom stereocenters. The van der Waals surface area contributed by atoms with E-state index in [0.717, 1.165) is 38.5 Å². The number of pyridine rings is 1. The highest BCUT2D eigenvalue weighted by atomic mass is 32.2. The minimum Gasteiger partial charge on any atom is -0.346 e. The van der Waals surface area contributed by atoms with Crippen molar-refractivity contribution in [2.75, 3.05) is 13.1 Å².